The van der Waals surface area contributed by atoms with Gasteiger partial charge in [-0.25, -0.2) is 0 Å². The van der Waals surface area contributed by atoms with Crippen LogP contribution in [0.1, 0.15) is 18.5 Å². The average Bonchev–Trinajstić information content (AvgIpc) is 2.54. The first-order chi connectivity index (χ1) is 11.0. The van der Waals surface area contributed by atoms with E-state index in [1.54, 1.807) is 14.2 Å². The standard InChI is InChI=1S/C16H23N3O4/c1-11(13-8-12(22-2)4-5-14(13)23-3)18-16(21)10-19-7-6-17-15(20)9-19/h4-5,8,11H,6-7,9-10H2,1-3H3,(H,17,20)(H,18,21). The second-order valence-corrected chi connectivity index (χ2v) is 5.46. The van der Waals surface area contributed by atoms with Crippen molar-refractivity contribution in [2.75, 3.05) is 40.4 Å². The summed E-state index contributed by atoms with van der Waals surface area (Å²) >= 11 is 0. The first-order valence-electron chi connectivity index (χ1n) is 7.54. The molecule has 2 rings (SSSR count). The van der Waals surface area contributed by atoms with Crippen LogP contribution in [0.25, 0.3) is 0 Å². The Bertz CT molecular complexity index is 576. The Hall–Kier alpha value is -2.28. The van der Waals surface area contributed by atoms with Crippen molar-refractivity contribution < 1.29 is 19.1 Å². The SMILES string of the molecule is COc1ccc(OC)c(C(C)NC(=O)CN2CCNC(=O)C2)c1. The Kier molecular flexibility index (Phi) is 5.81. The fraction of sp³-hybridized carbons (Fsp3) is 0.500. The zero-order valence-electron chi connectivity index (χ0n) is 13.7. The molecular formula is C16H23N3O4. The van der Waals surface area contributed by atoms with Crippen LogP contribution in [0, 0.1) is 0 Å². The molecule has 0 aromatic heterocycles. The maximum Gasteiger partial charge on any atom is 0.234 e. The number of hydrogen-bond acceptors (Lipinski definition) is 5. The summed E-state index contributed by atoms with van der Waals surface area (Å²) in [6.07, 6.45) is 0. The molecule has 2 N–H and O–H groups in total. The molecule has 0 saturated carbocycles. The first kappa shape index (κ1) is 17.1. The smallest absolute Gasteiger partial charge is 0.234 e. The Labute approximate surface area is 135 Å². The number of amides is 2. The van der Waals surface area contributed by atoms with Crippen LogP contribution in [-0.2, 0) is 9.59 Å². The molecule has 7 heteroatoms. The van der Waals surface area contributed by atoms with Crippen molar-refractivity contribution >= 4 is 11.8 Å². The molecule has 1 fully saturated rings. The van der Waals surface area contributed by atoms with Crippen LogP contribution in [0.4, 0.5) is 0 Å². The van der Waals surface area contributed by atoms with Crippen LogP contribution < -0.4 is 20.1 Å². The van der Waals surface area contributed by atoms with E-state index < -0.39 is 0 Å². The van der Waals surface area contributed by atoms with Gasteiger partial charge in [-0.15, -0.1) is 0 Å². The summed E-state index contributed by atoms with van der Waals surface area (Å²) in [5.74, 6) is 1.22. The van der Waals surface area contributed by atoms with Gasteiger partial charge < -0.3 is 20.1 Å². The van der Waals surface area contributed by atoms with Crippen molar-refractivity contribution in [2.45, 2.75) is 13.0 Å². The highest BCUT2D eigenvalue weighted by molar-refractivity contribution is 5.82. The molecule has 1 atom stereocenters. The summed E-state index contributed by atoms with van der Waals surface area (Å²) in [4.78, 5) is 25.4. The number of hydrogen-bond donors (Lipinski definition) is 2. The Morgan fingerprint density at radius 2 is 2.17 bits per heavy atom. The molecule has 1 unspecified atom stereocenters. The number of nitrogens with zero attached hydrogens (tertiary/aromatic N) is 1. The summed E-state index contributed by atoms with van der Waals surface area (Å²) in [5, 5.41) is 5.67. The summed E-state index contributed by atoms with van der Waals surface area (Å²) in [5.41, 5.74) is 0.844. The third-order valence-corrected chi connectivity index (χ3v) is 3.77. The van der Waals surface area contributed by atoms with E-state index in [0.29, 0.717) is 24.6 Å². The fourth-order valence-electron chi connectivity index (χ4n) is 2.57. The lowest BCUT2D eigenvalue weighted by atomic mass is 10.1. The maximum atomic E-state index is 12.2. The lowest BCUT2D eigenvalue weighted by Gasteiger charge is -2.26. The lowest BCUT2D eigenvalue weighted by Crippen LogP contribution is -2.50. The molecule has 0 bridgehead atoms. The van der Waals surface area contributed by atoms with Gasteiger partial charge in [0, 0.05) is 18.7 Å². The van der Waals surface area contributed by atoms with Crippen molar-refractivity contribution in [1.29, 1.82) is 0 Å². The van der Waals surface area contributed by atoms with Gasteiger partial charge in [-0.05, 0) is 25.1 Å². The van der Waals surface area contributed by atoms with E-state index in [4.69, 9.17) is 9.47 Å². The average molecular weight is 321 g/mol. The van der Waals surface area contributed by atoms with Crippen molar-refractivity contribution in [1.82, 2.24) is 15.5 Å². The second kappa shape index (κ2) is 7.82. The number of piperazine rings is 1. The molecule has 23 heavy (non-hydrogen) atoms. The zero-order valence-corrected chi connectivity index (χ0v) is 13.7. The van der Waals surface area contributed by atoms with Gasteiger partial charge in [-0.3, -0.25) is 14.5 Å². The van der Waals surface area contributed by atoms with Crippen LogP contribution in [0.5, 0.6) is 11.5 Å². The third kappa shape index (κ3) is 4.59. The highest BCUT2D eigenvalue weighted by Gasteiger charge is 2.20. The van der Waals surface area contributed by atoms with E-state index >= 15 is 0 Å². The number of carbonyl (C=O) groups excluding carboxylic acids is 2. The van der Waals surface area contributed by atoms with E-state index in [2.05, 4.69) is 10.6 Å². The second-order valence-electron chi connectivity index (χ2n) is 5.46. The minimum absolute atomic E-state index is 0.0495. The van der Waals surface area contributed by atoms with Gasteiger partial charge in [0.1, 0.15) is 11.5 Å². The van der Waals surface area contributed by atoms with Gasteiger partial charge in [-0.2, -0.15) is 0 Å². The predicted molar refractivity (Wildman–Crippen MR) is 85.6 cm³/mol. The van der Waals surface area contributed by atoms with Crippen LogP contribution in [0.15, 0.2) is 18.2 Å². The molecule has 0 aliphatic carbocycles. The minimum atomic E-state index is -0.230. The molecule has 1 aliphatic rings. The topological polar surface area (TPSA) is 79.9 Å². The number of carbonyl (C=O) groups is 2. The molecule has 1 aliphatic heterocycles. The Balaban J connectivity index is 1.99. The molecule has 0 spiro atoms. The predicted octanol–water partition coefficient (Wildman–Crippen LogP) is 0.313. The number of ether oxygens (including phenoxy) is 2. The van der Waals surface area contributed by atoms with E-state index in [1.165, 1.54) is 0 Å². The van der Waals surface area contributed by atoms with Crippen LogP contribution in [-0.4, -0.2) is 57.1 Å². The van der Waals surface area contributed by atoms with E-state index in [-0.39, 0.29) is 30.9 Å². The van der Waals surface area contributed by atoms with Crippen LogP contribution >= 0.6 is 0 Å². The van der Waals surface area contributed by atoms with E-state index in [9.17, 15) is 9.59 Å². The molecule has 1 aromatic rings. The van der Waals surface area contributed by atoms with Crippen molar-refractivity contribution in [3.05, 3.63) is 23.8 Å². The summed E-state index contributed by atoms with van der Waals surface area (Å²) in [6.45, 7) is 3.59. The van der Waals surface area contributed by atoms with E-state index in [1.807, 2.05) is 30.0 Å². The van der Waals surface area contributed by atoms with Gasteiger partial charge in [0.2, 0.25) is 11.8 Å². The molecule has 2 amide bonds. The van der Waals surface area contributed by atoms with Crippen LogP contribution in [0.3, 0.4) is 0 Å². The molecule has 1 heterocycles. The van der Waals surface area contributed by atoms with Crippen molar-refractivity contribution in [3.63, 3.8) is 0 Å². The summed E-state index contributed by atoms with van der Waals surface area (Å²) in [6, 6.07) is 5.24. The van der Waals surface area contributed by atoms with Gasteiger partial charge in [-0.1, -0.05) is 0 Å². The lowest BCUT2D eigenvalue weighted by molar-refractivity contribution is -0.127. The summed E-state index contributed by atoms with van der Waals surface area (Å²) < 4.78 is 10.6. The molecule has 0 radical (unpaired) electrons. The molecular weight excluding hydrogens is 298 g/mol. The summed E-state index contributed by atoms with van der Waals surface area (Å²) in [7, 11) is 3.18. The molecule has 7 nitrogen and oxygen atoms in total. The van der Waals surface area contributed by atoms with E-state index in [0.717, 1.165) is 5.56 Å². The molecule has 1 aromatic carbocycles. The number of benzene rings is 1. The van der Waals surface area contributed by atoms with Crippen molar-refractivity contribution in [2.24, 2.45) is 0 Å². The first-order valence-corrected chi connectivity index (χ1v) is 7.54. The monoisotopic (exact) mass is 321 g/mol. The number of methoxy groups -OCH3 is 2. The van der Waals surface area contributed by atoms with Gasteiger partial charge >= 0.3 is 0 Å². The van der Waals surface area contributed by atoms with Gasteiger partial charge in [0.05, 0.1) is 33.4 Å². The highest BCUT2D eigenvalue weighted by Crippen LogP contribution is 2.29. The number of rotatable bonds is 6. The normalized spacial score (nSPS) is 16.4. The number of nitrogens with one attached hydrogen (secondary N) is 2. The highest BCUT2D eigenvalue weighted by atomic mass is 16.5. The zero-order chi connectivity index (χ0) is 16.8. The minimum Gasteiger partial charge on any atom is -0.497 e. The molecule has 1 saturated heterocycles. The van der Waals surface area contributed by atoms with Crippen molar-refractivity contribution in [3.8, 4) is 11.5 Å². The van der Waals surface area contributed by atoms with Gasteiger partial charge in [0.15, 0.2) is 0 Å². The largest absolute Gasteiger partial charge is 0.497 e. The Morgan fingerprint density at radius 3 is 2.83 bits per heavy atom. The molecule has 126 valence electrons. The Morgan fingerprint density at radius 1 is 1.39 bits per heavy atom. The van der Waals surface area contributed by atoms with Crippen LogP contribution in [0.2, 0.25) is 0 Å². The fourth-order valence-corrected chi connectivity index (χ4v) is 2.57. The van der Waals surface area contributed by atoms with Gasteiger partial charge in [0.25, 0.3) is 0 Å². The quantitative estimate of drug-likeness (QED) is 0.788. The third-order valence-electron chi connectivity index (χ3n) is 3.77. The maximum absolute atomic E-state index is 12.2.